The molecule has 1 aromatic heterocycles. The van der Waals surface area contributed by atoms with E-state index in [1.165, 1.54) is 10.9 Å². The van der Waals surface area contributed by atoms with Crippen LogP contribution in [0.15, 0.2) is 11.4 Å². The van der Waals surface area contributed by atoms with E-state index in [0.717, 1.165) is 0 Å². The minimum absolute atomic E-state index is 0.0139. The number of nitrogen functional groups attached to an aromatic ring is 1. The van der Waals surface area contributed by atoms with E-state index in [2.05, 4.69) is 9.71 Å². The quantitative estimate of drug-likeness (QED) is 0.801. The van der Waals surface area contributed by atoms with Crippen LogP contribution in [0.5, 0.6) is 0 Å². The van der Waals surface area contributed by atoms with E-state index in [1.54, 1.807) is 7.05 Å². The highest BCUT2D eigenvalue weighted by Crippen LogP contribution is 2.16. The smallest absolute Gasteiger partial charge is 0.260 e. The molecule has 0 aliphatic carbocycles. The highest BCUT2D eigenvalue weighted by molar-refractivity contribution is 7.89. The van der Waals surface area contributed by atoms with E-state index in [0.29, 0.717) is 0 Å². The summed E-state index contributed by atoms with van der Waals surface area (Å²) in [5.74, 6) is 0.232. The second kappa shape index (κ2) is 4.42. The monoisotopic (exact) mass is 246 g/mol. The molecule has 1 heterocycles. The first-order valence-electron chi connectivity index (χ1n) is 5.05. The lowest BCUT2D eigenvalue weighted by Crippen LogP contribution is -2.37. The summed E-state index contributed by atoms with van der Waals surface area (Å²) in [7, 11) is -2.00. The summed E-state index contributed by atoms with van der Waals surface area (Å²) >= 11 is 0. The number of nitrogens with two attached hydrogens (primary N) is 1. The maximum Gasteiger partial charge on any atom is 0.260 e. The van der Waals surface area contributed by atoms with Gasteiger partial charge in [0.2, 0.25) is 0 Å². The second-order valence-electron chi connectivity index (χ2n) is 4.20. The van der Waals surface area contributed by atoms with E-state index in [-0.39, 0.29) is 22.8 Å². The maximum absolute atomic E-state index is 12.0. The van der Waals surface area contributed by atoms with Crippen molar-refractivity contribution in [3.8, 4) is 0 Å². The summed E-state index contributed by atoms with van der Waals surface area (Å²) in [5.41, 5.74) is 5.53. The Morgan fingerprint density at radius 2 is 2.00 bits per heavy atom. The molecule has 0 aliphatic heterocycles. The van der Waals surface area contributed by atoms with Crippen LogP contribution in [-0.2, 0) is 17.1 Å². The van der Waals surface area contributed by atoms with Gasteiger partial charge in [-0.15, -0.1) is 0 Å². The Hall–Kier alpha value is -1.08. The lowest BCUT2D eigenvalue weighted by atomic mass is 10.1. The molecule has 1 rings (SSSR count). The predicted octanol–water partition coefficient (Wildman–Crippen LogP) is 0.325. The Kier molecular flexibility index (Phi) is 3.59. The molecule has 0 aromatic carbocycles. The minimum atomic E-state index is -3.60. The lowest BCUT2D eigenvalue weighted by molar-refractivity contribution is 0.474. The average molecular weight is 246 g/mol. The van der Waals surface area contributed by atoms with Gasteiger partial charge in [0, 0.05) is 13.1 Å². The largest absolute Gasteiger partial charge is 0.381 e. The molecule has 0 aliphatic rings. The summed E-state index contributed by atoms with van der Waals surface area (Å²) in [6.07, 6.45) is 1.38. The van der Waals surface area contributed by atoms with Crippen LogP contribution in [0.3, 0.4) is 0 Å². The van der Waals surface area contributed by atoms with Gasteiger partial charge in [0.05, 0.1) is 6.33 Å². The molecule has 0 saturated heterocycles. The van der Waals surface area contributed by atoms with Crippen molar-refractivity contribution in [3.05, 3.63) is 6.33 Å². The van der Waals surface area contributed by atoms with Crippen LogP contribution in [0, 0.1) is 5.92 Å². The van der Waals surface area contributed by atoms with Crippen molar-refractivity contribution in [2.24, 2.45) is 13.0 Å². The van der Waals surface area contributed by atoms with E-state index in [9.17, 15) is 8.42 Å². The molecule has 6 nitrogen and oxygen atoms in total. The summed E-state index contributed by atoms with van der Waals surface area (Å²) in [5, 5.41) is 0.0139. The predicted molar refractivity (Wildman–Crippen MR) is 62.2 cm³/mol. The van der Waals surface area contributed by atoms with Gasteiger partial charge in [0.15, 0.2) is 10.8 Å². The third kappa shape index (κ3) is 2.53. The molecule has 0 bridgehead atoms. The zero-order chi connectivity index (χ0) is 12.5. The Balaban J connectivity index is 3.04. The molecule has 3 N–H and O–H groups in total. The second-order valence-corrected chi connectivity index (χ2v) is 5.83. The molecule has 92 valence electrons. The molecular formula is C9H18N4O2S. The highest BCUT2D eigenvalue weighted by atomic mass is 32.2. The first-order valence-corrected chi connectivity index (χ1v) is 6.53. The minimum Gasteiger partial charge on any atom is -0.381 e. The zero-order valence-electron chi connectivity index (χ0n) is 9.93. The molecule has 0 saturated carbocycles. The number of nitrogens with one attached hydrogen (secondary N) is 1. The molecule has 16 heavy (non-hydrogen) atoms. The molecule has 1 atom stereocenters. The number of nitrogens with zero attached hydrogens (tertiary/aromatic N) is 2. The average Bonchev–Trinajstić information content (AvgIpc) is 2.45. The third-order valence-corrected chi connectivity index (χ3v) is 4.19. The lowest BCUT2D eigenvalue weighted by Gasteiger charge is -2.17. The Labute approximate surface area is 95.9 Å². The van der Waals surface area contributed by atoms with Gasteiger partial charge in [-0.1, -0.05) is 13.8 Å². The van der Waals surface area contributed by atoms with Crippen LogP contribution in [0.25, 0.3) is 0 Å². The molecule has 0 amide bonds. The number of hydrogen-bond acceptors (Lipinski definition) is 4. The normalized spacial score (nSPS) is 14.3. The van der Waals surface area contributed by atoms with Gasteiger partial charge in [-0.2, -0.15) is 0 Å². The van der Waals surface area contributed by atoms with Gasteiger partial charge in [-0.3, -0.25) is 0 Å². The van der Waals surface area contributed by atoms with E-state index in [1.807, 2.05) is 20.8 Å². The van der Waals surface area contributed by atoms with E-state index in [4.69, 9.17) is 5.73 Å². The van der Waals surface area contributed by atoms with E-state index < -0.39 is 10.0 Å². The number of sulfonamides is 1. The van der Waals surface area contributed by atoms with Gasteiger partial charge >= 0.3 is 0 Å². The number of imidazole rings is 1. The van der Waals surface area contributed by atoms with Crippen LogP contribution >= 0.6 is 0 Å². The van der Waals surface area contributed by atoms with Crippen LogP contribution in [0.4, 0.5) is 5.82 Å². The molecule has 0 fully saturated rings. The number of aryl methyl sites for hydroxylation is 1. The molecule has 7 heteroatoms. The van der Waals surface area contributed by atoms with Gasteiger partial charge in [0.1, 0.15) is 0 Å². The van der Waals surface area contributed by atoms with Gasteiger partial charge in [0.25, 0.3) is 10.0 Å². The standard InChI is InChI=1S/C9H18N4O2S/c1-6(2)7(3)12-16(14,15)9-8(10)11-5-13(9)4/h5-7,12H,10H2,1-4H3. The van der Waals surface area contributed by atoms with Gasteiger partial charge < -0.3 is 10.3 Å². The molecule has 1 unspecified atom stereocenters. The van der Waals surface area contributed by atoms with Crippen molar-refractivity contribution < 1.29 is 8.42 Å². The van der Waals surface area contributed by atoms with Crippen molar-refractivity contribution in [2.45, 2.75) is 31.8 Å². The van der Waals surface area contributed by atoms with Gasteiger partial charge in [-0.05, 0) is 12.8 Å². The first-order chi connectivity index (χ1) is 7.25. The Morgan fingerprint density at radius 1 is 1.44 bits per heavy atom. The third-order valence-electron chi connectivity index (χ3n) is 2.51. The van der Waals surface area contributed by atoms with Crippen molar-refractivity contribution in [2.75, 3.05) is 5.73 Å². The van der Waals surface area contributed by atoms with Crippen LogP contribution in [-0.4, -0.2) is 24.0 Å². The van der Waals surface area contributed by atoms with Crippen LogP contribution in [0.1, 0.15) is 20.8 Å². The number of hydrogen-bond donors (Lipinski definition) is 2. The van der Waals surface area contributed by atoms with Crippen molar-refractivity contribution >= 4 is 15.8 Å². The summed E-state index contributed by atoms with van der Waals surface area (Å²) in [4.78, 5) is 3.76. The summed E-state index contributed by atoms with van der Waals surface area (Å²) < 4.78 is 28.0. The Bertz CT molecular complexity index is 444. The number of anilines is 1. The summed E-state index contributed by atoms with van der Waals surface area (Å²) in [6.45, 7) is 5.70. The molecule has 1 aromatic rings. The van der Waals surface area contributed by atoms with E-state index >= 15 is 0 Å². The van der Waals surface area contributed by atoms with Crippen molar-refractivity contribution in [3.63, 3.8) is 0 Å². The molecule has 0 radical (unpaired) electrons. The van der Waals surface area contributed by atoms with Gasteiger partial charge in [-0.25, -0.2) is 18.1 Å². The molecular weight excluding hydrogens is 228 g/mol. The highest BCUT2D eigenvalue weighted by Gasteiger charge is 2.25. The fourth-order valence-corrected chi connectivity index (χ4v) is 2.83. The first kappa shape index (κ1) is 13.0. The number of rotatable bonds is 4. The number of aromatic nitrogens is 2. The van der Waals surface area contributed by atoms with Crippen LogP contribution in [0.2, 0.25) is 0 Å². The molecule has 0 spiro atoms. The van der Waals surface area contributed by atoms with Crippen molar-refractivity contribution in [1.29, 1.82) is 0 Å². The zero-order valence-corrected chi connectivity index (χ0v) is 10.7. The maximum atomic E-state index is 12.0. The Morgan fingerprint density at radius 3 is 2.38 bits per heavy atom. The SMILES string of the molecule is CC(C)C(C)NS(=O)(=O)c1c(N)ncn1C. The topological polar surface area (TPSA) is 90.0 Å². The summed E-state index contributed by atoms with van der Waals surface area (Å²) in [6, 6.07) is -0.153. The van der Waals surface area contributed by atoms with Crippen molar-refractivity contribution in [1.82, 2.24) is 14.3 Å². The fourth-order valence-electron chi connectivity index (χ4n) is 1.20. The fraction of sp³-hybridized carbons (Fsp3) is 0.667. The van der Waals surface area contributed by atoms with Crippen LogP contribution < -0.4 is 10.5 Å².